The highest BCUT2D eigenvalue weighted by Gasteiger charge is 2.45. The molecule has 0 heterocycles. The van der Waals surface area contributed by atoms with Crippen molar-refractivity contribution in [1.29, 1.82) is 0 Å². The van der Waals surface area contributed by atoms with E-state index in [4.69, 9.17) is 0 Å². The van der Waals surface area contributed by atoms with Crippen LogP contribution in [0.15, 0.2) is 29.2 Å². The first kappa shape index (κ1) is 20.5. The second-order valence-electron chi connectivity index (χ2n) is 7.19. The van der Waals surface area contributed by atoms with E-state index in [0.717, 1.165) is 37.1 Å². The SMILES string of the molecule is CC(C)(C)SCCNC(=O)C1(Sc2ccc(C(F)(F)F)cc2)CCC1. The molecule has 2 nitrogen and oxygen atoms in total. The number of alkyl halides is 3. The number of halogens is 3. The smallest absolute Gasteiger partial charge is 0.354 e. The minimum absolute atomic E-state index is 0.00171. The number of hydrogen-bond donors (Lipinski definition) is 1. The van der Waals surface area contributed by atoms with Gasteiger partial charge in [-0.3, -0.25) is 4.79 Å². The van der Waals surface area contributed by atoms with Gasteiger partial charge < -0.3 is 5.32 Å². The van der Waals surface area contributed by atoms with Crippen LogP contribution < -0.4 is 5.32 Å². The molecular formula is C18H24F3NOS2. The molecule has 0 bridgehead atoms. The zero-order valence-electron chi connectivity index (χ0n) is 14.7. The van der Waals surface area contributed by atoms with Crippen molar-refractivity contribution in [3.05, 3.63) is 29.8 Å². The van der Waals surface area contributed by atoms with Crippen molar-refractivity contribution in [2.24, 2.45) is 0 Å². The predicted octanol–water partition coefficient (Wildman–Crippen LogP) is 5.37. The van der Waals surface area contributed by atoms with Crippen molar-refractivity contribution < 1.29 is 18.0 Å². The van der Waals surface area contributed by atoms with Gasteiger partial charge in [0.15, 0.2) is 0 Å². The van der Waals surface area contributed by atoms with Crippen LogP contribution in [0.2, 0.25) is 0 Å². The molecule has 0 aliphatic heterocycles. The van der Waals surface area contributed by atoms with Crippen LogP contribution in [0.5, 0.6) is 0 Å². The van der Waals surface area contributed by atoms with Gasteiger partial charge in [0.2, 0.25) is 5.91 Å². The van der Waals surface area contributed by atoms with Gasteiger partial charge in [-0.25, -0.2) is 0 Å². The molecule has 0 saturated heterocycles. The third kappa shape index (κ3) is 5.84. The monoisotopic (exact) mass is 391 g/mol. The summed E-state index contributed by atoms with van der Waals surface area (Å²) in [5.41, 5.74) is -0.664. The van der Waals surface area contributed by atoms with Crippen molar-refractivity contribution in [3.63, 3.8) is 0 Å². The third-order valence-electron chi connectivity index (χ3n) is 3.99. The number of thioether (sulfide) groups is 2. The lowest BCUT2D eigenvalue weighted by molar-refractivity contribution is -0.137. The molecule has 7 heteroatoms. The molecule has 1 saturated carbocycles. The van der Waals surface area contributed by atoms with Gasteiger partial charge in [-0.15, -0.1) is 11.8 Å². The molecule has 0 atom stereocenters. The Morgan fingerprint density at radius 1 is 1.16 bits per heavy atom. The number of benzene rings is 1. The average molecular weight is 392 g/mol. The molecule has 0 radical (unpaired) electrons. The lowest BCUT2D eigenvalue weighted by atomic mass is 9.83. The van der Waals surface area contributed by atoms with Crippen LogP contribution in [0.4, 0.5) is 13.2 Å². The summed E-state index contributed by atoms with van der Waals surface area (Å²) in [6.07, 6.45) is -1.84. The number of carbonyl (C=O) groups excluding carboxylic acids is 1. The van der Waals surface area contributed by atoms with E-state index < -0.39 is 16.5 Å². The Bertz CT molecular complexity index is 590. The Balaban J connectivity index is 1.92. The molecule has 25 heavy (non-hydrogen) atoms. The molecule has 1 fully saturated rings. The Kier molecular flexibility index (Phi) is 6.41. The Morgan fingerprint density at radius 2 is 1.76 bits per heavy atom. The van der Waals surface area contributed by atoms with Gasteiger partial charge in [0.1, 0.15) is 0 Å². The molecule has 1 aliphatic rings. The number of hydrogen-bond acceptors (Lipinski definition) is 3. The first-order valence-electron chi connectivity index (χ1n) is 8.30. The van der Waals surface area contributed by atoms with Crippen molar-refractivity contribution in [1.82, 2.24) is 5.32 Å². The average Bonchev–Trinajstić information content (AvgIpc) is 2.46. The highest BCUT2D eigenvalue weighted by Crippen LogP contribution is 2.48. The number of amides is 1. The molecule has 0 aromatic heterocycles. The van der Waals surface area contributed by atoms with Crippen molar-refractivity contribution in [3.8, 4) is 0 Å². The quantitative estimate of drug-likeness (QED) is 0.661. The van der Waals surface area contributed by atoms with Gasteiger partial charge in [-0.2, -0.15) is 24.9 Å². The van der Waals surface area contributed by atoms with Gasteiger partial charge in [-0.1, -0.05) is 20.8 Å². The van der Waals surface area contributed by atoms with E-state index in [0.29, 0.717) is 11.4 Å². The second kappa shape index (κ2) is 7.82. The fourth-order valence-electron chi connectivity index (χ4n) is 2.49. The van der Waals surface area contributed by atoms with E-state index in [1.807, 2.05) is 0 Å². The lowest BCUT2D eigenvalue weighted by Gasteiger charge is -2.39. The van der Waals surface area contributed by atoms with Crippen LogP contribution in [-0.4, -0.2) is 27.7 Å². The van der Waals surface area contributed by atoms with Crippen molar-refractivity contribution in [2.45, 2.75) is 60.6 Å². The first-order valence-corrected chi connectivity index (χ1v) is 10.1. The molecule has 1 aromatic rings. The summed E-state index contributed by atoms with van der Waals surface area (Å²) in [6, 6.07) is 5.06. The minimum atomic E-state index is -4.33. The van der Waals surface area contributed by atoms with E-state index >= 15 is 0 Å². The van der Waals surface area contributed by atoms with E-state index in [-0.39, 0.29) is 10.7 Å². The minimum Gasteiger partial charge on any atom is -0.354 e. The fourth-order valence-corrected chi connectivity index (χ4v) is 4.69. The summed E-state index contributed by atoms with van der Waals surface area (Å²) in [6.45, 7) is 7.00. The zero-order valence-corrected chi connectivity index (χ0v) is 16.3. The van der Waals surface area contributed by atoms with Gasteiger partial charge in [0, 0.05) is 21.9 Å². The molecule has 1 aliphatic carbocycles. The molecule has 0 spiro atoms. The van der Waals surface area contributed by atoms with E-state index in [9.17, 15) is 18.0 Å². The maximum Gasteiger partial charge on any atom is 0.416 e. The Labute approximate surface area is 155 Å². The zero-order chi connectivity index (χ0) is 18.7. The summed E-state index contributed by atoms with van der Waals surface area (Å²) in [5.74, 6) is 0.842. The fraction of sp³-hybridized carbons (Fsp3) is 0.611. The maximum atomic E-state index is 12.6. The molecule has 140 valence electrons. The largest absolute Gasteiger partial charge is 0.416 e. The van der Waals surface area contributed by atoms with Crippen LogP contribution >= 0.6 is 23.5 Å². The lowest BCUT2D eigenvalue weighted by Crippen LogP contribution is -2.49. The van der Waals surface area contributed by atoms with Crippen LogP contribution in [0, 0.1) is 0 Å². The third-order valence-corrected chi connectivity index (χ3v) is 6.76. The van der Waals surface area contributed by atoms with Crippen molar-refractivity contribution in [2.75, 3.05) is 12.3 Å². The number of rotatable bonds is 6. The maximum absolute atomic E-state index is 12.6. The summed E-state index contributed by atoms with van der Waals surface area (Å²) >= 11 is 3.17. The van der Waals surface area contributed by atoms with Crippen LogP contribution in [0.1, 0.15) is 45.6 Å². The Hall–Kier alpha value is -0.820. The van der Waals surface area contributed by atoms with Gasteiger partial charge >= 0.3 is 6.18 Å². The number of nitrogens with one attached hydrogen (secondary N) is 1. The molecule has 1 aromatic carbocycles. The normalized spacial score (nSPS) is 17.0. The van der Waals surface area contributed by atoms with Gasteiger partial charge in [0.05, 0.1) is 10.3 Å². The molecule has 1 N–H and O–H groups in total. The summed E-state index contributed by atoms with van der Waals surface area (Å²) in [7, 11) is 0. The van der Waals surface area contributed by atoms with E-state index in [2.05, 4.69) is 26.1 Å². The summed E-state index contributed by atoms with van der Waals surface area (Å²) < 4.78 is 37.6. The topological polar surface area (TPSA) is 29.1 Å². The highest BCUT2D eigenvalue weighted by molar-refractivity contribution is 8.01. The molecular weight excluding hydrogens is 367 g/mol. The summed E-state index contributed by atoms with van der Waals surface area (Å²) in [5, 5.41) is 2.99. The standard InChI is InChI=1S/C18H24F3NOS2/c1-16(2,3)24-12-11-22-15(23)17(9-4-10-17)25-14-7-5-13(6-8-14)18(19,20)21/h5-8H,4,9-12H2,1-3H3,(H,22,23). The number of carbonyl (C=O) groups is 1. The molecule has 2 rings (SSSR count). The van der Waals surface area contributed by atoms with Gasteiger partial charge in [0.25, 0.3) is 0 Å². The van der Waals surface area contributed by atoms with Crippen molar-refractivity contribution >= 4 is 29.4 Å². The first-order chi connectivity index (χ1) is 11.5. The molecule has 1 amide bonds. The van der Waals surface area contributed by atoms with Crippen LogP contribution in [0.3, 0.4) is 0 Å². The van der Waals surface area contributed by atoms with Crippen LogP contribution in [-0.2, 0) is 11.0 Å². The highest BCUT2D eigenvalue weighted by atomic mass is 32.2. The van der Waals surface area contributed by atoms with E-state index in [1.54, 1.807) is 11.8 Å². The van der Waals surface area contributed by atoms with Gasteiger partial charge in [-0.05, 0) is 43.5 Å². The Morgan fingerprint density at radius 3 is 2.20 bits per heavy atom. The predicted molar refractivity (Wildman–Crippen MR) is 99.1 cm³/mol. The molecule has 0 unspecified atom stereocenters. The summed E-state index contributed by atoms with van der Waals surface area (Å²) in [4.78, 5) is 13.3. The second-order valence-corrected chi connectivity index (χ2v) is 10.6. The van der Waals surface area contributed by atoms with E-state index in [1.165, 1.54) is 23.9 Å². The van der Waals surface area contributed by atoms with Crippen LogP contribution in [0.25, 0.3) is 0 Å².